The molecule has 3 unspecified atom stereocenters. The summed E-state index contributed by atoms with van der Waals surface area (Å²) >= 11 is 0. The number of hydrogen-bond acceptors (Lipinski definition) is 2. The minimum Gasteiger partial charge on any atom is -0.361 e. The van der Waals surface area contributed by atoms with Crippen molar-refractivity contribution in [3.63, 3.8) is 0 Å². The van der Waals surface area contributed by atoms with E-state index in [0.717, 1.165) is 47.8 Å². The highest BCUT2D eigenvalue weighted by atomic mass is 16.2. The summed E-state index contributed by atoms with van der Waals surface area (Å²) in [5, 5.41) is 1.06. The zero-order chi connectivity index (χ0) is 20.8. The van der Waals surface area contributed by atoms with E-state index in [9.17, 15) is 9.59 Å². The topological polar surface area (TPSA) is 56.4 Å². The molecule has 5 heteroatoms. The smallest absolute Gasteiger partial charge is 0.254 e. The lowest BCUT2D eigenvalue weighted by molar-refractivity contribution is -0.137. The van der Waals surface area contributed by atoms with Gasteiger partial charge < -0.3 is 14.8 Å². The highest BCUT2D eigenvalue weighted by molar-refractivity contribution is 6.02. The van der Waals surface area contributed by atoms with Crippen molar-refractivity contribution in [1.82, 2.24) is 14.8 Å². The van der Waals surface area contributed by atoms with Crippen molar-refractivity contribution >= 4 is 22.7 Å². The molecule has 0 bridgehead atoms. The number of benzene rings is 2. The Kier molecular flexibility index (Phi) is 4.61. The van der Waals surface area contributed by atoms with Crippen LogP contribution in [0, 0.1) is 0 Å². The zero-order valence-electron chi connectivity index (χ0n) is 17.5. The van der Waals surface area contributed by atoms with E-state index in [0.29, 0.717) is 5.56 Å². The number of rotatable bonds is 2. The molecule has 0 radical (unpaired) electrons. The van der Waals surface area contributed by atoms with Crippen molar-refractivity contribution in [2.24, 2.45) is 0 Å². The molecule has 1 N–H and O–H groups in total. The molecule has 1 fully saturated rings. The summed E-state index contributed by atoms with van der Waals surface area (Å²) in [4.78, 5) is 34.4. The van der Waals surface area contributed by atoms with Gasteiger partial charge in [-0.25, -0.2) is 0 Å². The summed E-state index contributed by atoms with van der Waals surface area (Å²) in [6.45, 7) is 2.93. The number of likely N-dealkylation sites (N-methyl/N-ethyl adjacent to an activating group) is 1. The van der Waals surface area contributed by atoms with E-state index in [1.54, 1.807) is 4.90 Å². The van der Waals surface area contributed by atoms with Crippen molar-refractivity contribution in [1.29, 1.82) is 0 Å². The molecule has 1 saturated heterocycles. The van der Waals surface area contributed by atoms with Crippen LogP contribution in [0.4, 0.5) is 0 Å². The van der Waals surface area contributed by atoms with E-state index in [2.05, 4.69) is 18.0 Å². The summed E-state index contributed by atoms with van der Waals surface area (Å²) in [6.07, 6.45) is 5.20. The predicted molar refractivity (Wildman–Crippen MR) is 117 cm³/mol. The van der Waals surface area contributed by atoms with Gasteiger partial charge in [0, 0.05) is 47.9 Å². The second-order valence-electron chi connectivity index (χ2n) is 8.59. The van der Waals surface area contributed by atoms with Crippen molar-refractivity contribution in [2.45, 2.75) is 44.2 Å². The Labute approximate surface area is 176 Å². The summed E-state index contributed by atoms with van der Waals surface area (Å²) in [6, 6.07) is 15.6. The Balaban J connectivity index is 1.69. The first-order chi connectivity index (χ1) is 14.6. The molecule has 0 spiro atoms. The molecule has 2 aliphatic rings. The quantitative estimate of drug-likeness (QED) is 0.688. The van der Waals surface area contributed by atoms with Crippen LogP contribution in [0.15, 0.2) is 54.7 Å². The molecule has 5 nitrogen and oxygen atoms in total. The second kappa shape index (κ2) is 7.31. The number of likely N-dealkylation sites (tertiary alicyclic amines) is 1. The van der Waals surface area contributed by atoms with Crippen LogP contribution >= 0.6 is 0 Å². The first-order valence-corrected chi connectivity index (χ1v) is 10.8. The third-order valence-electron chi connectivity index (χ3n) is 6.87. The monoisotopic (exact) mass is 401 g/mol. The SMILES string of the molecule is CC1CCCCN1C(=O)C1c2ccccc2C(=O)N(C)C1c1c[nH]c2ccccc12. The van der Waals surface area contributed by atoms with Crippen LogP contribution in [0.5, 0.6) is 0 Å². The van der Waals surface area contributed by atoms with Gasteiger partial charge in [-0.1, -0.05) is 36.4 Å². The largest absolute Gasteiger partial charge is 0.361 e. The Bertz CT molecular complexity index is 1120. The highest BCUT2D eigenvalue weighted by Gasteiger charge is 2.45. The van der Waals surface area contributed by atoms with E-state index in [-0.39, 0.29) is 23.9 Å². The maximum Gasteiger partial charge on any atom is 0.254 e. The van der Waals surface area contributed by atoms with Crippen LogP contribution in [0.3, 0.4) is 0 Å². The number of nitrogens with zero attached hydrogens (tertiary/aromatic N) is 2. The summed E-state index contributed by atoms with van der Waals surface area (Å²) in [5.41, 5.74) is 3.50. The van der Waals surface area contributed by atoms with E-state index in [1.807, 2.05) is 60.6 Å². The van der Waals surface area contributed by atoms with E-state index in [1.165, 1.54) is 0 Å². The summed E-state index contributed by atoms with van der Waals surface area (Å²) in [7, 11) is 1.82. The summed E-state index contributed by atoms with van der Waals surface area (Å²) in [5.74, 6) is -0.315. The average molecular weight is 402 g/mol. The van der Waals surface area contributed by atoms with Gasteiger partial charge in [-0.2, -0.15) is 0 Å². The van der Waals surface area contributed by atoms with Gasteiger partial charge in [-0.05, 0) is 43.9 Å². The van der Waals surface area contributed by atoms with Crippen molar-refractivity contribution in [2.75, 3.05) is 13.6 Å². The average Bonchev–Trinajstić information content (AvgIpc) is 3.20. The molecule has 3 heterocycles. The van der Waals surface area contributed by atoms with Gasteiger partial charge >= 0.3 is 0 Å². The van der Waals surface area contributed by atoms with Gasteiger partial charge in [0.05, 0.1) is 12.0 Å². The first kappa shape index (κ1) is 18.9. The number of carbonyl (C=O) groups excluding carboxylic acids is 2. The molecule has 1 aromatic heterocycles. The number of nitrogens with one attached hydrogen (secondary N) is 1. The Morgan fingerprint density at radius 2 is 1.80 bits per heavy atom. The maximum absolute atomic E-state index is 14.0. The number of aromatic amines is 1. The normalized spacial score (nSPS) is 24.2. The van der Waals surface area contributed by atoms with Crippen molar-refractivity contribution in [3.8, 4) is 0 Å². The molecule has 0 saturated carbocycles. The number of piperidine rings is 1. The molecule has 5 rings (SSSR count). The molecule has 3 aromatic rings. The van der Waals surface area contributed by atoms with Gasteiger partial charge in [0.15, 0.2) is 0 Å². The Morgan fingerprint density at radius 1 is 1.03 bits per heavy atom. The minimum atomic E-state index is -0.413. The lowest BCUT2D eigenvalue weighted by Crippen LogP contribution is -2.50. The van der Waals surface area contributed by atoms with Crippen LogP contribution in [0.25, 0.3) is 10.9 Å². The van der Waals surface area contributed by atoms with Crippen LogP contribution in [-0.4, -0.2) is 46.2 Å². The number of hydrogen-bond donors (Lipinski definition) is 1. The summed E-state index contributed by atoms with van der Waals surface area (Å²) < 4.78 is 0. The predicted octanol–water partition coefficient (Wildman–Crippen LogP) is 4.48. The van der Waals surface area contributed by atoms with Crippen molar-refractivity contribution < 1.29 is 9.59 Å². The van der Waals surface area contributed by atoms with Gasteiger partial charge in [-0.15, -0.1) is 0 Å². The third kappa shape index (κ3) is 2.83. The van der Waals surface area contributed by atoms with Gasteiger partial charge in [0.1, 0.15) is 0 Å². The molecular formula is C25H27N3O2. The Morgan fingerprint density at radius 3 is 2.63 bits per heavy atom. The van der Waals surface area contributed by atoms with Gasteiger partial charge in [0.2, 0.25) is 5.91 Å². The molecular weight excluding hydrogens is 374 g/mol. The fraction of sp³-hybridized carbons (Fsp3) is 0.360. The van der Waals surface area contributed by atoms with Gasteiger partial charge in [-0.3, -0.25) is 9.59 Å². The number of para-hydroxylation sites is 1. The van der Waals surface area contributed by atoms with E-state index in [4.69, 9.17) is 0 Å². The Hall–Kier alpha value is -3.08. The number of carbonyl (C=O) groups is 2. The number of aromatic nitrogens is 1. The van der Waals surface area contributed by atoms with Gasteiger partial charge in [0.25, 0.3) is 5.91 Å². The lowest BCUT2D eigenvalue weighted by Gasteiger charge is -2.43. The first-order valence-electron chi connectivity index (χ1n) is 10.8. The number of fused-ring (bicyclic) bond motifs is 2. The zero-order valence-corrected chi connectivity index (χ0v) is 17.5. The van der Waals surface area contributed by atoms with Crippen LogP contribution in [0.2, 0.25) is 0 Å². The lowest BCUT2D eigenvalue weighted by atomic mass is 9.78. The maximum atomic E-state index is 14.0. The van der Waals surface area contributed by atoms with Crippen LogP contribution in [0.1, 0.15) is 59.6 Å². The van der Waals surface area contributed by atoms with Crippen LogP contribution < -0.4 is 0 Å². The number of amides is 2. The van der Waals surface area contributed by atoms with E-state index >= 15 is 0 Å². The molecule has 30 heavy (non-hydrogen) atoms. The van der Waals surface area contributed by atoms with Crippen LogP contribution in [-0.2, 0) is 4.79 Å². The third-order valence-corrected chi connectivity index (χ3v) is 6.87. The second-order valence-corrected chi connectivity index (χ2v) is 8.59. The fourth-order valence-corrected chi connectivity index (χ4v) is 5.27. The minimum absolute atomic E-state index is 0.0309. The fourth-order valence-electron chi connectivity index (χ4n) is 5.27. The number of H-pyrrole nitrogens is 1. The van der Waals surface area contributed by atoms with Crippen molar-refractivity contribution in [3.05, 3.63) is 71.4 Å². The highest BCUT2D eigenvalue weighted by Crippen LogP contribution is 2.45. The van der Waals surface area contributed by atoms with E-state index < -0.39 is 5.92 Å². The molecule has 0 aliphatic carbocycles. The molecule has 2 aliphatic heterocycles. The molecule has 2 amide bonds. The molecule has 2 aromatic carbocycles. The molecule has 3 atom stereocenters. The molecule has 154 valence electrons. The standard InChI is InChI=1S/C25H27N3O2/c1-16-9-7-8-14-28(16)25(30)22-18-11-3-4-12-19(18)24(29)27(2)23(22)20-15-26-21-13-6-5-10-17(20)21/h3-6,10-13,15-16,22-23,26H,7-9,14H2,1-2H3.